The van der Waals surface area contributed by atoms with Crippen LogP contribution in [0.15, 0.2) is 29.2 Å². The first-order valence-corrected chi connectivity index (χ1v) is 8.14. The van der Waals surface area contributed by atoms with Gasteiger partial charge in [0.1, 0.15) is 0 Å². The number of rotatable bonds is 5. The summed E-state index contributed by atoms with van der Waals surface area (Å²) in [5, 5.41) is 0. The van der Waals surface area contributed by atoms with Crippen LogP contribution in [-0.2, 0) is 11.3 Å². The molecule has 2 N–H and O–H groups in total. The van der Waals surface area contributed by atoms with Crippen molar-refractivity contribution in [1.29, 1.82) is 0 Å². The number of hydrogen-bond donors (Lipinski definition) is 1. The van der Waals surface area contributed by atoms with Crippen molar-refractivity contribution in [2.24, 2.45) is 11.7 Å². The van der Waals surface area contributed by atoms with Gasteiger partial charge in [0, 0.05) is 24.5 Å². The van der Waals surface area contributed by atoms with Gasteiger partial charge >= 0.3 is 0 Å². The van der Waals surface area contributed by atoms with Gasteiger partial charge in [-0.15, -0.1) is 0 Å². The molecule has 1 aliphatic heterocycles. The molecule has 20 heavy (non-hydrogen) atoms. The maximum atomic E-state index is 5.84. The fourth-order valence-corrected chi connectivity index (χ4v) is 3.22. The highest BCUT2D eigenvalue weighted by Crippen LogP contribution is 2.32. The van der Waals surface area contributed by atoms with Crippen molar-refractivity contribution in [2.45, 2.75) is 24.3 Å². The molecule has 0 unspecified atom stereocenters. The summed E-state index contributed by atoms with van der Waals surface area (Å²) in [6.07, 6.45) is 7.27. The minimum Gasteiger partial charge on any atom is -0.379 e. The molecule has 2 aliphatic rings. The van der Waals surface area contributed by atoms with E-state index in [-0.39, 0.29) is 0 Å². The molecule has 1 heterocycles. The fourth-order valence-electron chi connectivity index (χ4n) is 2.29. The lowest BCUT2D eigenvalue weighted by atomic mass is 10.1. The third-order valence-electron chi connectivity index (χ3n) is 3.71. The van der Waals surface area contributed by atoms with Crippen molar-refractivity contribution >= 4 is 18.0 Å². The number of allylic oxidation sites excluding steroid dienone is 1. The maximum Gasteiger partial charge on any atom is 0.0603 e. The zero-order chi connectivity index (χ0) is 13.8. The zero-order valence-corrected chi connectivity index (χ0v) is 12.6. The van der Waals surface area contributed by atoms with Crippen LogP contribution in [0.4, 0.5) is 0 Å². The van der Waals surface area contributed by atoms with E-state index in [9.17, 15) is 0 Å². The predicted molar refractivity (Wildman–Crippen MR) is 84.3 cm³/mol. The van der Waals surface area contributed by atoms with Gasteiger partial charge in [-0.25, -0.2) is 4.31 Å². The molecule has 1 aromatic carbocycles. The highest BCUT2D eigenvalue weighted by atomic mass is 32.2. The normalized spacial score (nSPS) is 20.6. The van der Waals surface area contributed by atoms with Gasteiger partial charge in [-0.05, 0) is 54.0 Å². The van der Waals surface area contributed by atoms with Gasteiger partial charge < -0.3 is 10.5 Å². The van der Waals surface area contributed by atoms with Gasteiger partial charge in [-0.3, -0.25) is 0 Å². The van der Waals surface area contributed by atoms with Gasteiger partial charge in [0.25, 0.3) is 0 Å². The van der Waals surface area contributed by atoms with E-state index in [1.165, 1.54) is 28.9 Å². The highest BCUT2D eigenvalue weighted by Gasteiger charge is 2.17. The molecular weight excluding hydrogens is 268 g/mol. The van der Waals surface area contributed by atoms with Crippen molar-refractivity contribution in [1.82, 2.24) is 4.31 Å². The Morgan fingerprint density at radius 2 is 2.10 bits per heavy atom. The third-order valence-corrected chi connectivity index (χ3v) is 4.80. The van der Waals surface area contributed by atoms with E-state index in [0.29, 0.717) is 6.54 Å². The van der Waals surface area contributed by atoms with E-state index in [1.807, 2.05) is 11.9 Å². The number of morpholine rings is 1. The lowest BCUT2D eigenvalue weighted by molar-refractivity contribution is 0.0773. The van der Waals surface area contributed by atoms with Crippen molar-refractivity contribution in [3.05, 3.63) is 35.4 Å². The van der Waals surface area contributed by atoms with Crippen LogP contribution in [0.1, 0.15) is 24.0 Å². The van der Waals surface area contributed by atoms with E-state index in [2.05, 4.69) is 34.7 Å². The topological polar surface area (TPSA) is 38.5 Å². The predicted octanol–water partition coefficient (Wildman–Crippen LogP) is 2.91. The van der Waals surface area contributed by atoms with Crippen molar-refractivity contribution < 1.29 is 4.74 Å². The standard InChI is InChI=1S/C16H22N2OS/c17-12-15-5-6-16(20-18-7-9-19-10-8-18)11-14(15)4-3-13-1-2-13/h3-6,11,13H,1-2,7-10,12,17H2/b4-3+. The Balaban J connectivity index is 1.71. The van der Waals surface area contributed by atoms with Crippen LogP contribution in [-0.4, -0.2) is 30.6 Å². The zero-order valence-electron chi connectivity index (χ0n) is 11.8. The molecule has 0 bridgehead atoms. The van der Waals surface area contributed by atoms with Gasteiger partial charge in [0.05, 0.1) is 13.2 Å². The van der Waals surface area contributed by atoms with Gasteiger partial charge in [-0.2, -0.15) is 0 Å². The quantitative estimate of drug-likeness (QED) is 0.846. The Kier molecular flexibility index (Phi) is 4.78. The Labute approximate surface area is 125 Å². The first-order chi connectivity index (χ1) is 9.85. The SMILES string of the molecule is NCc1ccc(SN2CCOCC2)cc1/C=C/C1CC1. The van der Waals surface area contributed by atoms with Gasteiger partial charge in [0.2, 0.25) is 0 Å². The number of nitrogens with two attached hydrogens (primary N) is 1. The molecule has 1 aliphatic carbocycles. The van der Waals surface area contributed by atoms with Crippen molar-refractivity contribution in [3.63, 3.8) is 0 Å². The van der Waals surface area contributed by atoms with Crippen LogP contribution in [0.3, 0.4) is 0 Å². The summed E-state index contributed by atoms with van der Waals surface area (Å²) in [6.45, 7) is 4.27. The average Bonchev–Trinajstić information content (AvgIpc) is 3.31. The summed E-state index contributed by atoms with van der Waals surface area (Å²) in [7, 11) is 0. The molecule has 4 heteroatoms. The monoisotopic (exact) mass is 290 g/mol. The van der Waals surface area contributed by atoms with Gasteiger partial charge in [-0.1, -0.05) is 18.2 Å². The van der Waals surface area contributed by atoms with Crippen LogP contribution in [0, 0.1) is 5.92 Å². The summed E-state index contributed by atoms with van der Waals surface area (Å²) in [4.78, 5) is 1.29. The van der Waals surface area contributed by atoms with Crippen LogP contribution >= 0.6 is 11.9 Å². The second kappa shape index (κ2) is 6.76. The molecule has 0 amide bonds. The fraction of sp³-hybridized carbons (Fsp3) is 0.500. The largest absolute Gasteiger partial charge is 0.379 e. The van der Waals surface area contributed by atoms with Crippen LogP contribution in [0.5, 0.6) is 0 Å². The van der Waals surface area contributed by atoms with E-state index >= 15 is 0 Å². The third kappa shape index (κ3) is 3.85. The molecular formula is C16H22N2OS. The Hall–Kier alpha value is -0.810. The summed E-state index contributed by atoms with van der Waals surface area (Å²) >= 11 is 1.83. The van der Waals surface area contributed by atoms with E-state index in [0.717, 1.165) is 32.2 Å². The number of nitrogens with zero attached hydrogens (tertiary/aromatic N) is 1. The smallest absolute Gasteiger partial charge is 0.0603 e. The molecule has 0 radical (unpaired) electrons. The molecule has 108 valence electrons. The van der Waals surface area contributed by atoms with Crippen molar-refractivity contribution in [3.8, 4) is 0 Å². The summed E-state index contributed by atoms with van der Waals surface area (Å²) < 4.78 is 7.76. The minimum absolute atomic E-state index is 0.604. The average molecular weight is 290 g/mol. The van der Waals surface area contributed by atoms with E-state index in [4.69, 9.17) is 10.5 Å². The van der Waals surface area contributed by atoms with Crippen molar-refractivity contribution in [2.75, 3.05) is 26.3 Å². The first kappa shape index (κ1) is 14.1. The molecule has 0 aromatic heterocycles. The Morgan fingerprint density at radius 1 is 1.30 bits per heavy atom. The number of ether oxygens (including phenoxy) is 1. The molecule has 2 fully saturated rings. The lowest BCUT2D eigenvalue weighted by Gasteiger charge is -2.25. The first-order valence-electron chi connectivity index (χ1n) is 7.37. The molecule has 1 saturated heterocycles. The highest BCUT2D eigenvalue weighted by molar-refractivity contribution is 7.97. The van der Waals surface area contributed by atoms with E-state index in [1.54, 1.807) is 0 Å². The minimum atomic E-state index is 0.604. The molecule has 0 atom stereocenters. The summed E-state index contributed by atoms with van der Waals surface area (Å²) in [6, 6.07) is 6.60. The Morgan fingerprint density at radius 3 is 2.80 bits per heavy atom. The molecule has 0 spiro atoms. The number of benzene rings is 1. The maximum absolute atomic E-state index is 5.84. The molecule has 1 saturated carbocycles. The molecule has 1 aromatic rings. The lowest BCUT2D eigenvalue weighted by Crippen LogP contribution is -2.30. The molecule has 3 nitrogen and oxygen atoms in total. The summed E-state index contributed by atoms with van der Waals surface area (Å²) in [5.74, 6) is 0.802. The summed E-state index contributed by atoms with van der Waals surface area (Å²) in [5.41, 5.74) is 8.34. The Bertz CT molecular complexity index is 479. The molecule has 3 rings (SSSR count). The van der Waals surface area contributed by atoms with Gasteiger partial charge in [0.15, 0.2) is 0 Å². The second-order valence-corrected chi connectivity index (χ2v) is 6.56. The second-order valence-electron chi connectivity index (χ2n) is 5.39. The van der Waals surface area contributed by atoms with E-state index < -0.39 is 0 Å². The van der Waals surface area contributed by atoms with Crippen LogP contribution in [0.25, 0.3) is 6.08 Å². The number of hydrogen-bond acceptors (Lipinski definition) is 4. The van der Waals surface area contributed by atoms with Crippen LogP contribution < -0.4 is 5.73 Å². The van der Waals surface area contributed by atoms with Crippen LogP contribution in [0.2, 0.25) is 0 Å².